The average Bonchev–Trinajstić information content (AvgIpc) is 2.58. The van der Waals surface area contributed by atoms with Gasteiger partial charge in [0.25, 0.3) is 0 Å². The molecule has 5 nitrogen and oxygen atoms in total. The first-order valence-electron chi connectivity index (χ1n) is 8.00. The van der Waals surface area contributed by atoms with Crippen LogP contribution in [-0.4, -0.2) is 25.0 Å². The molecule has 2 aromatic rings. The molecular formula is C19H22N2O3. The van der Waals surface area contributed by atoms with Crippen molar-refractivity contribution >= 4 is 17.5 Å². The number of amides is 2. The Bertz CT molecular complexity index is 654. The molecule has 0 fully saturated rings. The summed E-state index contributed by atoms with van der Waals surface area (Å²) < 4.78 is 5.33. The van der Waals surface area contributed by atoms with Crippen molar-refractivity contribution < 1.29 is 14.3 Å². The normalized spacial score (nSPS) is 10.0. The molecule has 2 rings (SSSR count). The molecular weight excluding hydrogens is 304 g/mol. The molecule has 0 bridgehead atoms. The third-order valence-electron chi connectivity index (χ3n) is 3.35. The van der Waals surface area contributed by atoms with E-state index in [4.69, 9.17) is 4.74 Å². The van der Waals surface area contributed by atoms with Gasteiger partial charge in [-0.05, 0) is 43.2 Å². The number of ether oxygens (including phenoxy) is 1. The van der Waals surface area contributed by atoms with Gasteiger partial charge in [0, 0.05) is 12.2 Å². The van der Waals surface area contributed by atoms with Crippen LogP contribution in [0.4, 0.5) is 5.69 Å². The number of rotatable bonds is 8. The third kappa shape index (κ3) is 6.12. The molecule has 2 aromatic carbocycles. The number of benzene rings is 2. The predicted octanol–water partition coefficient (Wildman–Crippen LogP) is 2.77. The molecule has 0 aliphatic rings. The fourth-order valence-corrected chi connectivity index (χ4v) is 2.21. The number of anilines is 1. The molecule has 0 radical (unpaired) electrons. The van der Waals surface area contributed by atoms with E-state index in [9.17, 15) is 9.59 Å². The van der Waals surface area contributed by atoms with E-state index in [1.54, 1.807) is 24.3 Å². The Morgan fingerprint density at radius 2 is 1.67 bits per heavy atom. The molecule has 0 aliphatic heterocycles. The summed E-state index contributed by atoms with van der Waals surface area (Å²) in [5, 5.41) is 5.45. The van der Waals surface area contributed by atoms with E-state index in [-0.39, 0.29) is 18.2 Å². The Kier molecular flexibility index (Phi) is 6.83. The lowest BCUT2D eigenvalue weighted by molar-refractivity contribution is -0.126. The summed E-state index contributed by atoms with van der Waals surface area (Å²) in [6.45, 7) is 3.01. The minimum Gasteiger partial charge on any atom is -0.494 e. The standard InChI is InChI=1S/C19H22N2O3/c1-2-24-17-10-8-16(9-11-17)21-19(23)14-18(22)20-13-12-15-6-4-3-5-7-15/h3-11H,2,12-14H2,1H3,(H,20,22)(H,21,23). The van der Waals surface area contributed by atoms with E-state index < -0.39 is 0 Å². The van der Waals surface area contributed by atoms with Gasteiger partial charge >= 0.3 is 0 Å². The van der Waals surface area contributed by atoms with E-state index in [0.29, 0.717) is 18.8 Å². The smallest absolute Gasteiger partial charge is 0.233 e. The summed E-state index contributed by atoms with van der Waals surface area (Å²) in [6.07, 6.45) is 0.551. The number of carbonyl (C=O) groups is 2. The summed E-state index contributed by atoms with van der Waals surface area (Å²) in [7, 11) is 0. The number of hydrogen-bond donors (Lipinski definition) is 2. The fourth-order valence-electron chi connectivity index (χ4n) is 2.21. The molecule has 0 saturated heterocycles. The SMILES string of the molecule is CCOc1ccc(NC(=O)CC(=O)NCCc2ccccc2)cc1. The Morgan fingerprint density at radius 3 is 2.33 bits per heavy atom. The molecule has 0 spiro atoms. The van der Waals surface area contributed by atoms with Crippen LogP contribution in [0.3, 0.4) is 0 Å². The molecule has 0 atom stereocenters. The van der Waals surface area contributed by atoms with Crippen LogP contribution in [0.1, 0.15) is 18.9 Å². The zero-order valence-corrected chi connectivity index (χ0v) is 13.7. The zero-order chi connectivity index (χ0) is 17.2. The zero-order valence-electron chi connectivity index (χ0n) is 13.7. The summed E-state index contributed by atoms with van der Waals surface area (Å²) in [5.41, 5.74) is 1.79. The van der Waals surface area contributed by atoms with Gasteiger partial charge in [-0.2, -0.15) is 0 Å². The van der Waals surface area contributed by atoms with Crippen molar-refractivity contribution in [3.63, 3.8) is 0 Å². The Hall–Kier alpha value is -2.82. The van der Waals surface area contributed by atoms with Crippen molar-refractivity contribution in [3.05, 3.63) is 60.2 Å². The van der Waals surface area contributed by atoms with E-state index >= 15 is 0 Å². The van der Waals surface area contributed by atoms with Gasteiger partial charge in [-0.15, -0.1) is 0 Å². The van der Waals surface area contributed by atoms with Crippen LogP contribution >= 0.6 is 0 Å². The molecule has 0 unspecified atom stereocenters. The van der Waals surface area contributed by atoms with Crippen molar-refractivity contribution in [2.75, 3.05) is 18.5 Å². The summed E-state index contributed by atoms with van der Waals surface area (Å²) >= 11 is 0. The molecule has 2 amide bonds. The van der Waals surface area contributed by atoms with Gasteiger partial charge in [-0.25, -0.2) is 0 Å². The van der Waals surface area contributed by atoms with Crippen molar-refractivity contribution in [2.24, 2.45) is 0 Å². The van der Waals surface area contributed by atoms with Gasteiger partial charge in [0.15, 0.2) is 0 Å². The van der Waals surface area contributed by atoms with Crippen LogP contribution in [0.5, 0.6) is 5.75 Å². The minimum absolute atomic E-state index is 0.192. The minimum atomic E-state index is -0.337. The fraction of sp³-hybridized carbons (Fsp3) is 0.263. The van der Waals surface area contributed by atoms with E-state index in [1.807, 2.05) is 37.3 Å². The lowest BCUT2D eigenvalue weighted by atomic mass is 10.1. The molecule has 0 saturated carbocycles. The Labute approximate surface area is 142 Å². The number of carbonyl (C=O) groups excluding carboxylic acids is 2. The maximum Gasteiger partial charge on any atom is 0.233 e. The quantitative estimate of drug-likeness (QED) is 0.733. The molecule has 0 aliphatic carbocycles. The van der Waals surface area contributed by atoms with Gasteiger partial charge in [0.05, 0.1) is 6.61 Å². The van der Waals surface area contributed by atoms with Crippen LogP contribution in [0, 0.1) is 0 Å². The second-order valence-electron chi connectivity index (χ2n) is 5.27. The first-order valence-corrected chi connectivity index (χ1v) is 8.00. The number of nitrogens with one attached hydrogen (secondary N) is 2. The highest BCUT2D eigenvalue weighted by Crippen LogP contribution is 2.15. The monoisotopic (exact) mass is 326 g/mol. The highest BCUT2D eigenvalue weighted by atomic mass is 16.5. The second kappa shape index (κ2) is 9.35. The third-order valence-corrected chi connectivity index (χ3v) is 3.35. The van der Waals surface area contributed by atoms with E-state index in [0.717, 1.165) is 17.7 Å². The number of hydrogen-bond acceptors (Lipinski definition) is 3. The highest BCUT2D eigenvalue weighted by molar-refractivity contribution is 6.03. The molecule has 0 aromatic heterocycles. The summed E-state index contributed by atoms with van der Waals surface area (Å²) in [6, 6.07) is 16.9. The van der Waals surface area contributed by atoms with Gasteiger partial charge in [-0.1, -0.05) is 30.3 Å². The lowest BCUT2D eigenvalue weighted by Gasteiger charge is -2.08. The predicted molar refractivity (Wildman–Crippen MR) is 94.0 cm³/mol. The highest BCUT2D eigenvalue weighted by Gasteiger charge is 2.09. The van der Waals surface area contributed by atoms with Gasteiger partial charge in [0.1, 0.15) is 12.2 Å². The van der Waals surface area contributed by atoms with Crippen molar-refractivity contribution in [3.8, 4) is 5.75 Å². The van der Waals surface area contributed by atoms with Crippen LogP contribution in [0.2, 0.25) is 0 Å². The molecule has 5 heteroatoms. The average molecular weight is 326 g/mol. The molecule has 24 heavy (non-hydrogen) atoms. The largest absolute Gasteiger partial charge is 0.494 e. The van der Waals surface area contributed by atoms with Crippen LogP contribution in [-0.2, 0) is 16.0 Å². The van der Waals surface area contributed by atoms with Crippen molar-refractivity contribution in [1.82, 2.24) is 5.32 Å². The Morgan fingerprint density at radius 1 is 0.958 bits per heavy atom. The van der Waals surface area contributed by atoms with Crippen LogP contribution < -0.4 is 15.4 Å². The van der Waals surface area contributed by atoms with Gasteiger partial charge in [0.2, 0.25) is 11.8 Å². The van der Waals surface area contributed by atoms with E-state index in [1.165, 1.54) is 0 Å². The lowest BCUT2D eigenvalue weighted by Crippen LogP contribution is -2.29. The summed E-state index contributed by atoms with van der Waals surface area (Å²) in [4.78, 5) is 23.6. The van der Waals surface area contributed by atoms with E-state index in [2.05, 4.69) is 10.6 Å². The molecule has 0 heterocycles. The maximum atomic E-state index is 11.9. The first-order chi connectivity index (χ1) is 11.7. The first kappa shape index (κ1) is 17.5. The topological polar surface area (TPSA) is 67.4 Å². The molecule has 2 N–H and O–H groups in total. The second-order valence-corrected chi connectivity index (χ2v) is 5.27. The van der Waals surface area contributed by atoms with Gasteiger partial charge in [-0.3, -0.25) is 9.59 Å². The molecule has 126 valence electrons. The maximum absolute atomic E-state index is 11.9. The van der Waals surface area contributed by atoms with Crippen molar-refractivity contribution in [1.29, 1.82) is 0 Å². The summed E-state index contributed by atoms with van der Waals surface area (Å²) in [5.74, 6) is 0.125. The van der Waals surface area contributed by atoms with Crippen molar-refractivity contribution in [2.45, 2.75) is 19.8 Å². The van der Waals surface area contributed by atoms with Gasteiger partial charge < -0.3 is 15.4 Å². The van der Waals surface area contributed by atoms with Crippen LogP contribution in [0.25, 0.3) is 0 Å². The Balaban J connectivity index is 1.70. The van der Waals surface area contributed by atoms with Crippen LogP contribution in [0.15, 0.2) is 54.6 Å².